The van der Waals surface area contributed by atoms with Gasteiger partial charge >= 0.3 is 0 Å². The fourth-order valence-corrected chi connectivity index (χ4v) is 1.34. The quantitative estimate of drug-likeness (QED) is 0.478. The first-order valence-electron chi connectivity index (χ1n) is 4.76. The molecular formula is C10H19N2+. The molecule has 0 aliphatic rings. The molecule has 0 radical (unpaired) electrons. The number of hydrogen-bond donors (Lipinski definition) is 0. The number of aromatic nitrogens is 2. The van der Waals surface area contributed by atoms with E-state index in [-0.39, 0.29) is 0 Å². The molecule has 1 heterocycles. The Morgan fingerprint density at radius 1 is 1.42 bits per heavy atom. The highest BCUT2D eigenvalue weighted by atomic mass is 15.1. The summed E-state index contributed by atoms with van der Waals surface area (Å²) >= 11 is 0. The highest BCUT2D eigenvalue weighted by Gasteiger charge is 2.03. The standard InChI is InChI=1S/C10H19N2/c1-4-5-6-7-12-8-10(2)11(3)9-12/h8-9H,4-7H2,1-3H3/q+1. The summed E-state index contributed by atoms with van der Waals surface area (Å²) in [6.45, 7) is 5.53. The zero-order chi connectivity index (χ0) is 8.97. The molecule has 1 rings (SSSR count). The number of unbranched alkanes of at least 4 members (excludes halogenated alkanes) is 2. The lowest BCUT2D eigenvalue weighted by molar-refractivity contribution is -0.677. The summed E-state index contributed by atoms with van der Waals surface area (Å²) in [7, 11) is 2.09. The van der Waals surface area contributed by atoms with Crippen molar-refractivity contribution in [3.63, 3.8) is 0 Å². The van der Waals surface area contributed by atoms with Crippen molar-refractivity contribution in [1.82, 2.24) is 4.57 Å². The predicted molar refractivity (Wildman–Crippen MR) is 49.9 cm³/mol. The van der Waals surface area contributed by atoms with E-state index in [0.29, 0.717) is 0 Å². The minimum atomic E-state index is 1.16. The van der Waals surface area contributed by atoms with E-state index in [1.165, 1.54) is 25.0 Å². The van der Waals surface area contributed by atoms with Gasteiger partial charge in [-0.1, -0.05) is 13.3 Å². The molecule has 0 N–H and O–H groups in total. The van der Waals surface area contributed by atoms with Crippen molar-refractivity contribution < 1.29 is 4.57 Å². The van der Waals surface area contributed by atoms with Crippen LogP contribution in [-0.4, -0.2) is 4.57 Å². The van der Waals surface area contributed by atoms with Gasteiger partial charge in [0.25, 0.3) is 0 Å². The molecule has 2 heteroatoms. The van der Waals surface area contributed by atoms with Crippen LogP contribution in [0.25, 0.3) is 0 Å². The Hall–Kier alpha value is -0.790. The number of aryl methyl sites for hydroxylation is 3. The summed E-state index contributed by atoms with van der Waals surface area (Å²) in [6, 6.07) is 0. The Balaban J connectivity index is 2.42. The average molecular weight is 167 g/mol. The van der Waals surface area contributed by atoms with E-state index in [1.54, 1.807) is 0 Å². The van der Waals surface area contributed by atoms with E-state index in [2.05, 4.69) is 42.6 Å². The summed E-state index contributed by atoms with van der Waals surface area (Å²) in [6.07, 6.45) is 8.29. The second-order valence-electron chi connectivity index (χ2n) is 3.44. The van der Waals surface area contributed by atoms with Crippen LogP contribution in [-0.2, 0) is 13.6 Å². The molecule has 1 aromatic heterocycles. The first-order valence-corrected chi connectivity index (χ1v) is 4.76. The van der Waals surface area contributed by atoms with Crippen molar-refractivity contribution in [3.8, 4) is 0 Å². The maximum absolute atomic E-state index is 2.27. The van der Waals surface area contributed by atoms with Crippen molar-refractivity contribution in [1.29, 1.82) is 0 Å². The van der Waals surface area contributed by atoms with Crippen LogP contribution in [0.15, 0.2) is 12.5 Å². The van der Waals surface area contributed by atoms with Crippen molar-refractivity contribution in [2.45, 2.75) is 39.7 Å². The van der Waals surface area contributed by atoms with Crippen LogP contribution in [0.3, 0.4) is 0 Å². The van der Waals surface area contributed by atoms with Crippen LogP contribution in [0.2, 0.25) is 0 Å². The SMILES string of the molecule is CCCCCn1cc(C)[n+](C)c1. The fourth-order valence-electron chi connectivity index (χ4n) is 1.34. The van der Waals surface area contributed by atoms with Gasteiger partial charge in [0.05, 0.1) is 13.6 Å². The third-order valence-electron chi connectivity index (χ3n) is 2.25. The number of hydrogen-bond acceptors (Lipinski definition) is 0. The molecule has 0 unspecified atom stereocenters. The van der Waals surface area contributed by atoms with Crippen molar-refractivity contribution in [2.75, 3.05) is 0 Å². The summed E-state index contributed by atoms with van der Waals surface area (Å²) in [5.74, 6) is 0. The molecule has 0 fully saturated rings. The minimum absolute atomic E-state index is 1.16. The predicted octanol–water partition coefficient (Wildman–Crippen LogP) is 1.81. The van der Waals surface area contributed by atoms with Crippen LogP contribution in [0.4, 0.5) is 0 Å². The van der Waals surface area contributed by atoms with E-state index >= 15 is 0 Å². The number of imidazole rings is 1. The Morgan fingerprint density at radius 2 is 2.17 bits per heavy atom. The first-order chi connectivity index (χ1) is 5.74. The molecule has 0 saturated carbocycles. The summed E-state index contributed by atoms with van der Waals surface area (Å²) in [5.41, 5.74) is 1.33. The summed E-state index contributed by atoms with van der Waals surface area (Å²) in [4.78, 5) is 0. The van der Waals surface area contributed by atoms with Gasteiger partial charge in [-0.3, -0.25) is 0 Å². The first kappa shape index (κ1) is 9.30. The summed E-state index contributed by atoms with van der Waals surface area (Å²) in [5, 5.41) is 0. The van der Waals surface area contributed by atoms with E-state index in [4.69, 9.17) is 0 Å². The fraction of sp³-hybridized carbons (Fsp3) is 0.700. The van der Waals surface area contributed by atoms with E-state index in [0.717, 1.165) is 6.54 Å². The molecule has 0 bridgehead atoms. The van der Waals surface area contributed by atoms with Gasteiger partial charge in [0.15, 0.2) is 0 Å². The van der Waals surface area contributed by atoms with Crippen LogP contribution >= 0.6 is 0 Å². The van der Waals surface area contributed by atoms with E-state index in [1.807, 2.05) is 0 Å². The van der Waals surface area contributed by atoms with Gasteiger partial charge in [0.1, 0.15) is 11.9 Å². The molecule has 0 amide bonds. The van der Waals surface area contributed by atoms with Crippen molar-refractivity contribution >= 4 is 0 Å². The molecule has 0 aliphatic heterocycles. The molecule has 0 atom stereocenters. The van der Waals surface area contributed by atoms with E-state index < -0.39 is 0 Å². The van der Waals surface area contributed by atoms with Crippen molar-refractivity contribution in [2.24, 2.45) is 7.05 Å². The van der Waals surface area contributed by atoms with Crippen LogP contribution in [0, 0.1) is 6.92 Å². The van der Waals surface area contributed by atoms with Crippen molar-refractivity contribution in [3.05, 3.63) is 18.2 Å². The lowest BCUT2D eigenvalue weighted by atomic mass is 10.2. The zero-order valence-electron chi connectivity index (χ0n) is 8.38. The average Bonchev–Trinajstić information content (AvgIpc) is 2.32. The highest BCUT2D eigenvalue weighted by molar-refractivity contribution is 4.83. The van der Waals surface area contributed by atoms with E-state index in [9.17, 15) is 0 Å². The molecule has 0 spiro atoms. The number of rotatable bonds is 4. The maximum Gasteiger partial charge on any atom is 0.243 e. The molecule has 0 aliphatic carbocycles. The van der Waals surface area contributed by atoms with Gasteiger partial charge in [0.2, 0.25) is 6.33 Å². The topological polar surface area (TPSA) is 8.81 Å². The smallest absolute Gasteiger partial charge is 0.237 e. The monoisotopic (exact) mass is 167 g/mol. The van der Waals surface area contributed by atoms with Gasteiger partial charge in [-0.25, -0.2) is 9.13 Å². The molecule has 1 aromatic rings. The highest BCUT2D eigenvalue weighted by Crippen LogP contribution is 1.98. The normalized spacial score (nSPS) is 10.6. The Labute approximate surface area is 74.8 Å². The zero-order valence-corrected chi connectivity index (χ0v) is 8.38. The van der Waals surface area contributed by atoms with Gasteiger partial charge in [-0.2, -0.15) is 0 Å². The van der Waals surface area contributed by atoms with Crippen LogP contribution in [0.5, 0.6) is 0 Å². The third kappa shape index (κ3) is 2.36. The second-order valence-corrected chi connectivity index (χ2v) is 3.44. The molecule has 0 aromatic carbocycles. The lowest BCUT2D eigenvalue weighted by Gasteiger charge is -1.93. The summed E-state index contributed by atoms with van der Waals surface area (Å²) < 4.78 is 4.43. The minimum Gasteiger partial charge on any atom is -0.237 e. The van der Waals surface area contributed by atoms with Gasteiger partial charge in [-0.15, -0.1) is 0 Å². The van der Waals surface area contributed by atoms with Gasteiger partial charge in [0, 0.05) is 6.92 Å². The van der Waals surface area contributed by atoms with Gasteiger partial charge in [-0.05, 0) is 12.8 Å². The Morgan fingerprint density at radius 3 is 2.67 bits per heavy atom. The largest absolute Gasteiger partial charge is 0.243 e. The lowest BCUT2D eigenvalue weighted by Crippen LogP contribution is -2.28. The van der Waals surface area contributed by atoms with Crippen LogP contribution in [0.1, 0.15) is 31.9 Å². The van der Waals surface area contributed by atoms with Crippen LogP contribution < -0.4 is 4.57 Å². The van der Waals surface area contributed by atoms with Gasteiger partial charge < -0.3 is 0 Å². The molecule has 0 saturated heterocycles. The molecule has 2 nitrogen and oxygen atoms in total. The Kier molecular flexibility index (Phi) is 3.32. The molecular weight excluding hydrogens is 148 g/mol. The second kappa shape index (κ2) is 4.29. The third-order valence-corrected chi connectivity index (χ3v) is 2.25. The Bertz CT molecular complexity index is 218. The maximum atomic E-state index is 2.27. The molecule has 68 valence electrons. The number of nitrogens with zero attached hydrogens (tertiary/aromatic N) is 2. The molecule has 12 heavy (non-hydrogen) atoms.